The van der Waals surface area contributed by atoms with E-state index in [0.29, 0.717) is 5.92 Å². The van der Waals surface area contributed by atoms with E-state index in [-0.39, 0.29) is 17.9 Å². The smallest absolute Gasteiger partial charge is 0.303 e. The fraction of sp³-hybridized carbons (Fsp3) is 0.900. The van der Waals surface area contributed by atoms with Gasteiger partial charge in [0.15, 0.2) is 0 Å². The van der Waals surface area contributed by atoms with E-state index in [4.69, 9.17) is 10.8 Å². The van der Waals surface area contributed by atoms with E-state index in [0.717, 1.165) is 19.3 Å². The third-order valence-corrected chi connectivity index (χ3v) is 3.33. The lowest BCUT2D eigenvalue weighted by Crippen LogP contribution is -2.42. The van der Waals surface area contributed by atoms with E-state index in [1.165, 1.54) is 0 Å². The molecule has 13 heavy (non-hydrogen) atoms. The molecule has 1 saturated carbocycles. The highest BCUT2D eigenvalue weighted by Crippen LogP contribution is 2.49. The maximum atomic E-state index is 10.7. The van der Waals surface area contributed by atoms with Crippen molar-refractivity contribution in [3.63, 3.8) is 0 Å². The zero-order valence-corrected chi connectivity index (χ0v) is 8.42. The molecule has 0 radical (unpaired) electrons. The molecule has 1 rings (SSSR count). The molecule has 0 amide bonds. The highest BCUT2D eigenvalue weighted by Gasteiger charge is 2.46. The first kappa shape index (κ1) is 10.5. The van der Waals surface area contributed by atoms with Crippen molar-refractivity contribution in [2.75, 3.05) is 0 Å². The monoisotopic (exact) mass is 185 g/mol. The molecule has 0 aromatic carbocycles. The van der Waals surface area contributed by atoms with Gasteiger partial charge in [0.1, 0.15) is 0 Å². The quantitative estimate of drug-likeness (QED) is 0.684. The molecule has 0 aromatic rings. The second-order valence-corrected chi connectivity index (χ2v) is 4.37. The molecule has 0 spiro atoms. The predicted octanol–water partition coefficient (Wildman–Crippen LogP) is 1.61. The Morgan fingerprint density at radius 2 is 2.23 bits per heavy atom. The molecule has 2 unspecified atom stereocenters. The van der Waals surface area contributed by atoms with Gasteiger partial charge in [-0.3, -0.25) is 4.79 Å². The van der Waals surface area contributed by atoms with Crippen LogP contribution >= 0.6 is 0 Å². The van der Waals surface area contributed by atoms with Gasteiger partial charge in [-0.2, -0.15) is 0 Å². The number of carboxylic acid groups (broad SMARTS) is 1. The van der Waals surface area contributed by atoms with E-state index in [1.54, 1.807) is 0 Å². The first-order valence-electron chi connectivity index (χ1n) is 4.98. The van der Waals surface area contributed by atoms with Crippen LogP contribution in [0.25, 0.3) is 0 Å². The first-order chi connectivity index (χ1) is 6.00. The Morgan fingerprint density at radius 3 is 2.54 bits per heavy atom. The van der Waals surface area contributed by atoms with Crippen molar-refractivity contribution in [2.45, 2.75) is 45.6 Å². The average molecular weight is 185 g/mol. The minimum atomic E-state index is -0.724. The van der Waals surface area contributed by atoms with Crippen LogP contribution in [-0.4, -0.2) is 17.1 Å². The van der Waals surface area contributed by atoms with Gasteiger partial charge in [0.25, 0.3) is 0 Å². The molecule has 1 aliphatic rings. The van der Waals surface area contributed by atoms with Crippen molar-refractivity contribution in [1.82, 2.24) is 0 Å². The van der Waals surface area contributed by atoms with Crippen LogP contribution in [0.4, 0.5) is 0 Å². The van der Waals surface area contributed by atoms with Crippen molar-refractivity contribution in [3.05, 3.63) is 0 Å². The Morgan fingerprint density at radius 1 is 1.69 bits per heavy atom. The fourth-order valence-corrected chi connectivity index (χ4v) is 2.11. The molecule has 1 fully saturated rings. The van der Waals surface area contributed by atoms with Crippen LogP contribution in [0.5, 0.6) is 0 Å². The molecular weight excluding hydrogens is 166 g/mol. The van der Waals surface area contributed by atoms with E-state index in [1.807, 2.05) is 13.8 Å². The van der Waals surface area contributed by atoms with Crippen molar-refractivity contribution in [2.24, 2.45) is 17.1 Å². The van der Waals surface area contributed by atoms with Crippen molar-refractivity contribution < 1.29 is 9.90 Å². The summed E-state index contributed by atoms with van der Waals surface area (Å²) >= 11 is 0. The molecule has 0 aliphatic heterocycles. The maximum absolute atomic E-state index is 10.7. The summed E-state index contributed by atoms with van der Waals surface area (Å²) in [5, 5.41) is 8.81. The summed E-state index contributed by atoms with van der Waals surface area (Å²) in [5.74, 6) is -0.183. The SMILES string of the molecule is CCC(N)C(C)(CC(=O)O)C1CC1. The van der Waals surface area contributed by atoms with Crippen LogP contribution in [0, 0.1) is 11.3 Å². The number of hydrogen-bond acceptors (Lipinski definition) is 2. The van der Waals surface area contributed by atoms with Crippen LogP contribution in [-0.2, 0) is 4.79 Å². The Kier molecular flexibility index (Phi) is 2.96. The Hall–Kier alpha value is -0.570. The predicted molar refractivity (Wildman–Crippen MR) is 51.4 cm³/mol. The van der Waals surface area contributed by atoms with Crippen molar-refractivity contribution in [1.29, 1.82) is 0 Å². The van der Waals surface area contributed by atoms with Crippen LogP contribution in [0.15, 0.2) is 0 Å². The van der Waals surface area contributed by atoms with E-state index < -0.39 is 5.97 Å². The van der Waals surface area contributed by atoms with Gasteiger partial charge in [-0.1, -0.05) is 13.8 Å². The highest BCUT2D eigenvalue weighted by molar-refractivity contribution is 5.68. The Bertz CT molecular complexity index is 201. The van der Waals surface area contributed by atoms with Gasteiger partial charge in [-0.05, 0) is 30.6 Å². The van der Waals surface area contributed by atoms with Gasteiger partial charge in [0.2, 0.25) is 0 Å². The van der Waals surface area contributed by atoms with Gasteiger partial charge in [0.05, 0.1) is 6.42 Å². The third-order valence-electron chi connectivity index (χ3n) is 3.33. The number of nitrogens with two attached hydrogens (primary N) is 1. The summed E-state index contributed by atoms with van der Waals surface area (Å²) in [6.07, 6.45) is 3.38. The summed E-state index contributed by atoms with van der Waals surface area (Å²) in [6, 6.07) is 0.0242. The largest absolute Gasteiger partial charge is 0.481 e. The minimum absolute atomic E-state index is 0.0242. The van der Waals surface area contributed by atoms with Gasteiger partial charge in [0, 0.05) is 6.04 Å². The number of rotatable bonds is 5. The molecule has 3 N–H and O–H groups in total. The second-order valence-electron chi connectivity index (χ2n) is 4.37. The van der Waals surface area contributed by atoms with E-state index in [2.05, 4.69) is 0 Å². The lowest BCUT2D eigenvalue weighted by atomic mass is 9.74. The number of aliphatic carboxylic acids is 1. The maximum Gasteiger partial charge on any atom is 0.303 e. The normalized spacial score (nSPS) is 23.6. The van der Waals surface area contributed by atoms with Crippen molar-refractivity contribution in [3.8, 4) is 0 Å². The fourth-order valence-electron chi connectivity index (χ4n) is 2.11. The molecule has 0 heterocycles. The number of hydrogen-bond donors (Lipinski definition) is 2. The summed E-state index contributed by atoms with van der Waals surface area (Å²) in [4.78, 5) is 10.7. The van der Waals surface area contributed by atoms with E-state index in [9.17, 15) is 4.79 Å². The summed E-state index contributed by atoms with van der Waals surface area (Å²) in [5.41, 5.74) is 5.80. The summed E-state index contributed by atoms with van der Waals surface area (Å²) in [7, 11) is 0. The Balaban J connectivity index is 2.67. The zero-order valence-electron chi connectivity index (χ0n) is 8.42. The molecule has 1 aliphatic carbocycles. The van der Waals surface area contributed by atoms with Gasteiger partial charge < -0.3 is 10.8 Å². The number of carbonyl (C=O) groups is 1. The average Bonchev–Trinajstić information content (AvgIpc) is 2.83. The van der Waals surface area contributed by atoms with Gasteiger partial charge in [-0.15, -0.1) is 0 Å². The highest BCUT2D eigenvalue weighted by atomic mass is 16.4. The van der Waals surface area contributed by atoms with Crippen LogP contribution < -0.4 is 5.73 Å². The summed E-state index contributed by atoms with van der Waals surface area (Å²) < 4.78 is 0. The Labute approximate surface area is 79.3 Å². The van der Waals surface area contributed by atoms with Gasteiger partial charge in [-0.25, -0.2) is 0 Å². The van der Waals surface area contributed by atoms with Gasteiger partial charge >= 0.3 is 5.97 Å². The third kappa shape index (κ3) is 2.21. The topological polar surface area (TPSA) is 63.3 Å². The molecular formula is C10H19NO2. The molecule has 0 bridgehead atoms. The molecule has 76 valence electrons. The first-order valence-corrected chi connectivity index (χ1v) is 4.98. The summed E-state index contributed by atoms with van der Waals surface area (Å²) in [6.45, 7) is 4.04. The van der Waals surface area contributed by atoms with Crippen molar-refractivity contribution >= 4 is 5.97 Å². The van der Waals surface area contributed by atoms with E-state index >= 15 is 0 Å². The second kappa shape index (κ2) is 3.66. The molecule has 3 heteroatoms. The minimum Gasteiger partial charge on any atom is -0.481 e. The van der Waals surface area contributed by atoms with Crippen LogP contribution in [0.2, 0.25) is 0 Å². The molecule has 2 atom stereocenters. The molecule has 0 aromatic heterocycles. The standard InChI is InChI=1S/C10H19NO2/c1-3-8(11)10(2,6-9(12)13)7-4-5-7/h7-8H,3-6,11H2,1-2H3,(H,12,13). The molecule has 3 nitrogen and oxygen atoms in total. The zero-order chi connectivity index (χ0) is 10.1. The molecule has 0 saturated heterocycles. The van der Waals surface area contributed by atoms with Crippen LogP contribution in [0.1, 0.15) is 39.5 Å². The lowest BCUT2D eigenvalue weighted by molar-refractivity contribution is -0.140. The number of carboxylic acids is 1. The van der Waals surface area contributed by atoms with Crippen LogP contribution in [0.3, 0.4) is 0 Å². The lowest BCUT2D eigenvalue weighted by Gasteiger charge is -2.34.